The van der Waals surface area contributed by atoms with Gasteiger partial charge in [-0.1, -0.05) is 38.0 Å². The van der Waals surface area contributed by atoms with Gasteiger partial charge in [0.25, 0.3) is 0 Å². The molecule has 31 heavy (non-hydrogen) atoms. The van der Waals surface area contributed by atoms with Gasteiger partial charge in [-0.3, -0.25) is 0 Å². The number of hydrogen-bond donors (Lipinski definition) is 0. The van der Waals surface area contributed by atoms with Crippen molar-refractivity contribution in [3.8, 4) is 11.5 Å². The standard InChI is InChI=1S/C25H28F4O2/c1-2-3-16-4-6-17(7-5-16)20-14-19-10-13-23(30-24(19)22(26)15-20)18-8-11-21(12-9-18)31-25(27,28)29/h8-9,11-12,14-17,23H,2-7,10,13H2,1H3. The molecule has 1 heterocycles. The Morgan fingerprint density at radius 2 is 1.68 bits per heavy atom. The molecule has 0 spiro atoms. The summed E-state index contributed by atoms with van der Waals surface area (Å²) in [4.78, 5) is 0. The first-order valence-corrected chi connectivity index (χ1v) is 11.2. The van der Waals surface area contributed by atoms with Crippen molar-refractivity contribution in [2.24, 2.45) is 5.92 Å². The highest BCUT2D eigenvalue weighted by molar-refractivity contribution is 5.43. The molecule has 0 aromatic heterocycles. The molecular weight excluding hydrogens is 408 g/mol. The summed E-state index contributed by atoms with van der Waals surface area (Å²) in [7, 11) is 0. The van der Waals surface area contributed by atoms with E-state index in [2.05, 4.69) is 17.7 Å². The summed E-state index contributed by atoms with van der Waals surface area (Å²) in [6, 6.07) is 9.31. The van der Waals surface area contributed by atoms with Crippen LogP contribution in [0.4, 0.5) is 17.6 Å². The van der Waals surface area contributed by atoms with Crippen molar-refractivity contribution in [2.75, 3.05) is 0 Å². The summed E-state index contributed by atoms with van der Waals surface area (Å²) in [5.74, 6) is 0.865. The molecule has 2 aliphatic rings. The van der Waals surface area contributed by atoms with Crippen LogP contribution in [0.1, 0.15) is 80.6 Å². The minimum atomic E-state index is -4.72. The largest absolute Gasteiger partial charge is 0.573 e. The van der Waals surface area contributed by atoms with Crippen LogP contribution in [0.2, 0.25) is 0 Å². The van der Waals surface area contributed by atoms with Crippen LogP contribution >= 0.6 is 0 Å². The molecule has 0 radical (unpaired) electrons. The van der Waals surface area contributed by atoms with E-state index in [0.29, 0.717) is 24.3 Å². The quantitative estimate of drug-likeness (QED) is 0.444. The van der Waals surface area contributed by atoms with Gasteiger partial charge in [-0.05, 0) is 85.3 Å². The molecule has 1 unspecified atom stereocenters. The number of benzene rings is 2. The Morgan fingerprint density at radius 3 is 2.32 bits per heavy atom. The topological polar surface area (TPSA) is 18.5 Å². The van der Waals surface area contributed by atoms with E-state index in [0.717, 1.165) is 29.9 Å². The zero-order chi connectivity index (χ0) is 22.0. The van der Waals surface area contributed by atoms with Crippen molar-refractivity contribution in [3.05, 3.63) is 58.9 Å². The third-order valence-corrected chi connectivity index (χ3v) is 6.58. The van der Waals surface area contributed by atoms with Crippen LogP contribution in [0.25, 0.3) is 0 Å². The zero-order valence-electron chi connectivity index (χ0n) is 17.7. The molecule has 0 bridgehead atoms. The van der Waals surface area contributed by atoms with Crippen LogP contribution in [0.5, 0.6) is 11.5 Å². The molecule has 1 fully saturated rings. The maximum Gasteiger partial charge on any atom is 0.573 e. The van der Waals surface area contributed by atoms with E-state index in [1.165, 1.54) is 49.9 Å². The molecule has 6 heteroatoms. The average Bonchev–Trinajstić information content (AvgIpc) is 2.74. The highest BCUT2D eigenvalue weighted by Gasteiger charge is 2.31. The first-order chi connectivity index (χ1) is 14.8. The van der Waals surface area contributed by atoms with Crippen LogP contribution in [0, 0.1) is 11.7 Å². The van der Waals surface area contributed by atoms with E-state index in [1.807, 2.05) is 0 Å². The lowest BCUT2D eigenvalue weighted by Crippen LogP contribution is -2.19. The lowest BCUT2D eigenvalue weighted by atomic mass is 9.77. The zero-order valence-corrected chi connectivity index (χ0v) is 17.7. The summed E-state index contributed by atoms with van der Waals surface area (Å²) in [6.07, 6.45) is 3.36. The van der Waals surface area contributed by atoms with Gasteiger partial charge >= 0.3 is 6.36 Å². The fourth-order valence-electron chi connectivity index (χ4n) is 5.03. The van der Waals surface area contributed by atoms with Gasteiger partial charge in [0.05, 0.1) is 0 Å². The fraction of sp³-hybridized carbons (Fsp3) is 0.520. The van der Waals surface area contributed by atoms with E-state index in [1.54, 1.807) is 6.07 Å². The fourth-order valence-corrected chi connectivity index (χ4v) is 5.03. The van der Waals surface area contributed by atoms with Crippen molar-refractivity contribution >= 4 is 0 Å². The van der Waals surface area contributed by atoms with Crippen molar-refractivity contribution in [3.63, 3.8) is 0 Å². The van der Waals surface area contributed by atoms with Crippen molar-refractivity contribution in [1.82, 2.24) is 0 Å². The SMILES string of the molecule is CCCC1CCC(c2cc(F)c3c(c2)CCC(c2ccc(OC(F)(F)F)cc2)O3)CC1. The summed E-state index contributed by atoms with van der Waals surface area (Å²) >= 11 is 0. The second kappa shape index (κ2) is 9.09. The van der Waals surface area contributed by atoms with Crippen LogP contribution in [0.3, 0.4) is 0 Å². The second-order valence-corrected chi connectivity index (χ2v) is 8.76. The monoisotopic (exact) mass is 436 g/mol. The molecule has 1 aliphatic carbocycles. The number of fused-ring (bicyclic) bond motifs is 1. The molecule has 2 aromatic carbocycles. The van der Waals surface area contributed by atoms with Crippen LogP contribution in [0.15, 0.2) is 36.4 Å². The lowest BCUT2D eigenvalue weighted by molar-refractivity contribution is -0.274. The number of rotatable bonds is 5. The molecule has 2 nitrogen and oxygen atoms in total. The average molecular weight is 436 g/mol. The van der Waals surface area contributed by atoms with Crippen LogP contribution in [-0.4, -0.2) is 6.36 Å². The molecule has 0 N–H and O–H groups in total. The lowest BCUT2D eigenvalue weighted by Gasteiger charge is -2.31. The van der Waals surface area contributed by atoms with E-state index in [9.17, 15) is 17.6 Å². The molecule has 0 saturated heterocycles. The predicted octanol–water partition coefficient (Wildman–Crippen LogP) is 7.86. The molecule has 1 saturated carbocycles. The molecule has 1 aliphatic heterocycles. The number of alkyl halides is 3. The Morgan fingerprint density at radius 1 is 0.968 bits per heavy atom. The molecule has 168 valence electrons. The minimum absolute atomic E-state index is 0.273. The van der Waals surface area contributed by atoms with Gasteiger partial charge in [0.15, 0.2) is 11.6 Å². The van der Waals surface area contributed by atoms with Gasteiger partial charge in [-0.15, -0.1) is 13.2 Å². The summed E-state index contributed by atoms with van der Waals surface area (Å²) < 4.78 is 61.8. The third-order valence-electron chi connectivity index (χ3n) is 6.58. The van der Waals surface area contributed by atoms with Crippen LogP contribution < -0.4 is 9.47 Å². The smallest absolute Gasteiger partial charge is 0.482 e. The molecule has 4 rings (SSSR count). The molecular formula is C25H28F4O2. The Hall–Kier alpha value is -2.24. The van der Waals surface area contributed by atoms with E-state index < -0.39 is 12.5 Å². The maximum atomic E-state index is 15.0. The highest BCUT2D eigenvalue weighted by atomic mass is 19.4. The van der Waals surface area contributed by atoms with Gasteiger partial charge in [-0.2, -0.15) is 0 Å². The van der Waals surface area contributed by atoms with E-state index in [-0.39, 0.29) is 17.3 Å². The summed E-state index contributed by atoms with van der Waals surface area (Å²) in [6.45, 7) is 2.23. The molecule has 0 amide bonds. The normalized spacial score (nSPS) is 23.7. The number of aryl methyl sites for hydroxylation is 1. The number of ether oxygens (including phenoxy) is 2. The van der Waals surface area contributed by atoms with Crippen molar-refractivity contribution < 1.29 is 27.0 Å². The first-order valence-electron chi connectivity index (χ1n) is 11.2. The number of hydrogen-bond acceptors (Lipinski definition) is 2. The number of halogens is 4. The Bertz CT molecular complexity index is 884. The van der Waals surface area contributed by atoms with E-state index in [4.69, 9.17) is 4.74 Å². The minimum Gasteiger partial charge on any atom is -0.482 e. The molecule has 1 atom stereocenters. The van der Waals surface area contributed by atoms with Crippen molar-refractivity contribution in [2.45, 2.75) is 76.7 Å². The highest BCUT2D eigenvalue weighted by Crippen LogP contribution is 2.42. The van der Waals surface area contributed by atoms with Gasteiger partial charge < -0.3 is 9.47 Å². The maximum absolute atomic E-state index is 15.0. The van der Waals surface area contributed by atoms with Gasteiger partial charge in [0.2, 0.25) is 0 Å². The first kappa shape index (κ1) is 22.0. The van der Waals surface area contributed by atoms with Gasteiger partial charge in [0.1, 0.15) is 11.9 Å². The second-order valence-electron chi connectivity index (χ2n) is 8.76. The summed E-state index contributed by atoms with van der Waals surface area (Å²) in [5.41, 5.74) is 2.67. The predicted molar refractivity (Wildman–Crippen MR) is 111 cm³/mol. The summed E-state index contributed by atoms with van der Waals surface area (Å²) in [5, 5.41) is 0. The van der Waals surface area contributed by atoms with Gasteiger partial charge in [-0.25, -0.2) is 4.39 Å². The van der Waals surface area contributed by atoms with Crippen LogP contribution in [-0.2, 0) is 6.42 Å². The van der Waals surface area contributed by atoms with E-state index >= 15 is 0 Å². The van der Waals surface area contributed by atoms with Gasteiger partial charge in [0, 0.05) is 0 Å². The van der Waals surface area contributed by atoms with Crippen molar-refractivity contribution in [1.29, 1.82) is 0 Å². The Labute approximate surface area is 180 Å². The molecule has 2 aromatic rings. The Kier molecular flexibility index (Phi) is 6.44. The third kappa shape index (κ3) is 5.34. The Balaban J connectivity index is 1.44.